The number of nitrogens with zero attached hydrogens (tertiary/aromatic N) is 3. The average molecular weight is 250 g/mol. The van der Waals surface area contributed by atoms with Gasteiger partial charge in [-0.3, -0.25) is 0 Å². The number of aliphatic carboxylic acids is 1. The third-order valence-corrected chi connectivity index (χ3v) is 2.70. The molecule has 0 aliphatic heterocycles. The van der Waals surface area contributed by atoms with Crippen molar-refractivity contribution in [1.29, 1.82) is 0 Å². The van der Waals surface area contributed by atoms with Crippen molar-refractivity contribution < 1.29 is 9.90 Å². The number of hydrogen-bond acceptors (Lipinski definition) is 5. The highest BCUT2D eigenvalue weighted by molar-refractivity contribution is 5.64. The minimum atomic E-state index is -1.03. The summed E-state index contributed by atoms with van der Waals surface area (Å²) in [5, 5.41) is 10.4. The monoisotopic (exact) mass is 250 g/mol. The number of hydrogen-bond donors (Lipinski definition) is 0. The molecule has 0 saturated carbocycles. The fourth-order valence-corrected chi connectivity index (χ4v) is 1.50. The second-order valence-corrected chi connectivity index (χ2v) is 4.62. The van der Waals surface area contributed by atoms with Crippen LogP contribution in [0.3, 0.4) is 0 Å². The molecule has 1 aromatic rings. The highest BCUT2D eigenvalue weighted by Gasteiger charge is 2.03. The number of aromatic nitrogens is 1. The Labute approximate surface area is 108 Å². The molecule has 18 heavy (non-hydrogen) atoms. The first-order chi connectivity index (χ1) is 8.49. The van der Waals surface area contributed by atoms with Gasteiger partial charge in [0.05, 0.1) is 0 Å². The van der Waals surface area contributed by atoms with Crippen molar-refractivity contribution >= 4 is 11.8 Å². The molecule has 1 heterocycles. The lowest BCUT2D eigenvalue weighted by molar-refractivity contribution is -0.305. The highest BCUT2D eigenvalue weighted by atomic mass is 16.4. The SMILES string of the molecule is CN(C)CCN(C)c1ccc(CCC(=O)[O-])cn1. The van der Waals surface area contributed by atoms with Crippen LogP contribution in [0.2, 0.25) is 0 Å². The van der Waals surface area contributed by atoms with Crippen LogP contribution in [0.5, 0.6) is 0 Å². The van der Waals surface area contributed by atoms with E-state index in [2.05, 4.69) is 14.8 Å². The Morgan fingerprint density at radius 2 is 2.00 bits per heavy atom. The third-order valence-electron chi connectivity index (χ3n) is 2.70. The predicted molar refractivity (Wildman–Crippen MR) is 69.4 cm³/mol. The van der Waals surface area contributed by atoms with Crippen LogP contribution in [0.25, 0.3) is 0 Å². The lowest BCUT2D eigenvalue weighted by Gasteiger charge is -2.20. The predicted octanol–water partition coefficient (Wildman–Crippen LogP) is -0.238. The van der Waals surface area contributed by atoms with E-state index in [9.17, 15) is 9.90 Å². The highest BCUT2D eigenvalue weighted by Crippen LogP contribution is 2.10. The van der Waals surface area contributed by atoms with Gasteiger partial charge in [-0.25, -0.2) is 4.98 Å². The molecule has 0 atom stereocenters. The number of pyridine rings is 1. The summed E-state index contributed by atoms with van der Waals surface area (Å²) in [5.41, 5.74) is 0.920. The van der Waals surface area contributed by atoms with Crippen LogP contribution in [0.4, 0.5) is 5.82 Å². The molecule has 0 spiro atoms. The van der Waals surface area contributed by atoms with Gasteiger partial charge in [0.1, 0.15) is 5.82 Å². The maximum atomic E-state index is 10.4. The van der Waals surface area contributed by atoms with Gasteiger partial charge in [0, 0.05) is 32.3 Å². The molecule has 0 amide bonds. The zero-order chi connectivity index (χ0) is 13.5. The van der Waals surface area contributed by atoms with Crippen LogP contribution < -0.4 is 10.0 Å². The molecule has 1 rings (SSSR count). The summed E-state index contributed by atoms with van der Waals surface area (Å²) >= 11 is 0. The molecule has 5 nitrogen and oxygen atoms in total. The van der Waals surface area contributed by atoms with Crippen LogP contribution in [0.1, 0.15) is 12.0 Å². The molecule has 0 bridgehead atoms. The van der Waals surface area contributed by atoms with Crippen LogP contribution in [-0.2, 0) is 11.2 Å². The van der Waals surface area contributed by atoms with Crippen LogP contribution in [0.15, 0.2) is 18.3 Å². The van der Waals surface area contributed by atoms with Gasteiger partial charge in [0.15, 0.2) is 0 Å². The van der Waals surface area contributed by atoms with E-state index in [1.165, 1.54) is 0 Å². The molecule has 0 N–H and O–H groups in total. The van der Waals surface area contributed by atoms with Gasteiger partial charge >= 0.3 is 0 Å². The van der Waals surface area contributed by atoms with Gasteiger partial charge in [-0.15, -0.1) is 0 Å². The molecule has 0 aliphatic carbocycles. The normalized spacial score (nSPS) is 10.7. The van der Waals surface area contributed by atoms with Crippen molar-refractivity contribution in [3.8, 4) is 0 Å². The summed E-state index contributed by atoms with van der Waals surface area (Å²) in [6.45, 7) is 1.86. The van der Waals surface area contributed by atoms with E-state index in [0.717, 1.165) is 24.5 Å². The molecular weight excluding hydrogens is 230 g/mol. The first-order valence-electron chi connectivity index (χ1n) is 5.99. The summed E-state index contributed by atoms with van der Waals surface area (Å²) in [6, 6.07) is 3.83. The van der Waals surface area contributed by atoms with Gasteiger partial charge in [0.25, 0.3) is 0 Å². The maximum Gasteiger partial charge on any atom is 0.128 e. The second kappa shape index (κ2) is 6.96. The fraction of sp³-hybridized carbons (Fsp3) is 0.538. The van der Waals surface area contributed by atoms with Gasteiger partial charge in [-0.05, 0) is 38.6 Å². The largest absolute Gasteiger partial charge is 0.550 e. The molecule has 0 unspecified atom stereocenters. The summed E-state index contributed by atoms with van der Waals surface area (Å²) in [6.07, 6.45) is 2.24. The zero-order valence-electron chi connectivity index (χ0n) is 11.2. The summed E-state index contributed by atoms with van der Waals surface area (Å²) in [5.74, 6) is -0.128. The summed E-state index contributed by atoms with van der Waals surface area (Å²) in [4.78, 5) is 18.9. The minimum absolute atomic E-state index is 0.0392. The number of aryl methyl sites for hydroxylation is 1. The summed E-state index contributed by atoms with van der Waals surface area (Å²) < 4.78 is 0. The van der Waals surface area contributed by atoms with E-state index in [1.807, 2.05) is 33.3 Å². The number of anilines is 1. The molecule has 0 aliphatic rings. The first-order valence-corrected chi connectivity index (χ1v) is 5.99. The van der Waals surface area contributed by atoms with Crippen LogP contribution in [0, 0.1) is 0 Å². The van der Waals surface area contributed by atoms with E-state index in [0.29, 0.717) is 6.42 Å². The number of carbonyl (C=O) groups excluding carboxylic acids is 1. The lowest BCUT2D eigenvalue weighted by atomic mass is 10.1. The molecule has 100 valence electrons. The Balaban J connectivity index is 2.51. The van der Waals surface area contributed by atoms with Gasteiger partial charge in [0.2, 0.25) is 0 Å². The molecule has 0 aromatic carbocycles. The maximum absolute atomic E-state index is 10.4. The van der Waals surface area contributed by atoms with Crippen molar-refractivity contribution in [2.75, 3.05) is 39.1 Å². The van der Waals surface area contributed by atoms with E-state index in [1.54, 1.807) is 6.20 Å². The van der Waals surface area contributed by atoms with E-state index < -0.39 is 5.97 Å². The molecule has 5 heteroatoms. The number of carbonyl (C=O) groups is 1. The summed E-state index contributed by atoms with van der Waals surface area (Å²) in [7, 11) is 6.06. The third kappa shape index (κ3) is 5.14. The number of carboxylic acids is 1. The Bertz CT molecular complexity index is 376. The first kappa shape index (κ1) is 14.4. The average Bonchev–Trinajstić information content (AvgIpc) is 2.34. The number of rotatable bonds is 7. The van der Waals surface area contributed by atoms with E-state index in [4.69, 9.17) is 0 Å². The molecule has 0 saturated heterocycles. The topological polar surface area (TPSA) is 59.5 Å². The Morgan fingerprint density at radius 3 is 2.50 bits per heavy atom. The molecular formula is C13H20N3O2-. The van der Waals surface area contributed by atoms with Gasteiger partial charge in [-0.2, -0.15) is 0 Å². The van der Waals surface area contributed by atoms with Gasteiger partial charge < -0.3 is 19.7 Å². The number of carboxylic acid groups (broad SMARTS) is 1. The van der Waals surface area contributed by atoms with Crippen molar-refractivity contribution in [2.24, 2.45) is 0 Å². The Morgan fingerprint density at radius 1 is 1.28 bits per heavy atom. The van der Waals surface area contributed by atoms with Gasteiger partial charge in [-0.1, -0.05) is 6.07 Å². The standard InChI is InChI=1S/C13H21N3O2/c1-15(2)8-9-16(3)12-6-4-11(10-14-12)5-7-13(17)18/h4,6,10H,5,7-9H2,1-3H3,(H,17,18)/p-1. The smallest absolute Gasteiger partial charge is 0.128 e. The fourth-order valence-electron chi connectivity index (χ4n) is 1.50. The van der Waals surface area contributed by atoms with Crippen molar-refractivity contribution in [3.05, 3.63) is 23.9 Å². The Kier molecular flexibility index (Phi) is 5.58. The number of likely N-dealkylation sites (N-methyl/N-ethyl adjacent to an activating group) is 2. The van der Waals surface area contributed by atoms with E-state index >= 15 is 0 Å². The van der Waals surface area contributed by atoms with Crippen LogP contribution in [-0.4, -0.2) is 50.1 Å². The quantitative estimate of drug-likeness (QED) is 0.668. The lowest BCUT2D eigenvalue weighted by Crippen LogP contribution is -2.29. The van der Waals surface area contributed by atoms with Crippen LogP contribution >= 0.6 is 0 Å². The van der Waals surface area contributed by atoms with Crippen molar-refractivity contribution in [3.63, 3.8) is 0 Å². The zero-order valence-corrected chi connectivity index (χ0v) is 11.2. The van der Waals surface area contributed by atoms with Crippen molar-refractivity contribution in [2.45, 2.75) is 12.8 Å². The molecule has 1 aromatic heterocycles. The van der Waals surface area contributed by atoms with Crippen molar-refractivity contribution in [1.82, 2.24) is 9.88 Å². The molecule has 0 fully saturated rings. The molecule has 0 radical (unpaired) electrons. The van der Waals surface area contributed by atoms with E-state index in [-0.39, 0.29) is 6.42 Å². The Hall–Kier alpha value is -1.62. The minimum Gasteiger partial charge on any atom is -0.550 e. The second-order valence-electron chi connectivity index (χ2n) is 4.62.